The number of piperazine rings is 1. The fourth-order valence-electron chi connectivity index (χ4n) is 2.84. The number of carbonyl (C=O) groups excluding carboxylic acids is 1. The Morgan fingerprint density at radius 1 is 1.13 bits per heavy atom. The topological polar surface area (TPSA) is 57.7 Å². The van der Waals surface area contributed by atoms with Crippen LogP contribution < -0.4 is 0 Å². The molecule has 1 aromatic carbocycles. The van der Waals surface area contributed by atoms with Crippen molar-refractivity contribution in [3.63, 3.8) is 0 Å². The Bertz CT molecular complexity index is 730. The standard InChI is InChI=1S/C15H18Cl2N2O3S/c1-10-8-12(10)15(20)18-4-6-19(7-5-18)23(21,22)11-2-3-13(16)14(17)9-11/h2-3,9-10,12H,4-8H2,1H3/t10-,12-/m1/s1. The van der Waals surface area contributed by atoms with Gasteiger partial charge in [0, 0.05) is 32.1 Å². The molecule has 8 heteroatoms. The van der Waals surface area contributed by atoms with Gasteiger partial charge in [-0.1, -0.05) is 30.1 Å². The van der Waals surface area contributed by atoms with Gasteiger partial charge in [0.25, 0.3) is 0 Å². The number of amides is 1. The Morgan fingerprint density at radius 3 is 2.26 bits per heavy atom. The van der Waals surface area contributed by atoms with Crippen molar-refractivity contribution in [2.24, 2.45) is 11.8 Å². The quantitative estimate of drug-likeness (QED) is 0.813. The maximum atomic E-state index is 12.6. The SMILES string of the molecule is C[C@@H]1C[C@H]1C(=O)N1CCN(S(=O)(=O)c2ccc(Cl)c(Cl)c2)CC1. The molecule has 2 fully saturated rings. The first kappa shape index (κ1) is 17.0. The molecule has 5 nitrogen and oxygen atoms in total. The molecular weight excluding hydrogens is 359 g/mol. The normalized spacial score (nSPS) is 25.4. The van der Waals surface area contributed by atoms with Gasteiger partial charge in [-0.2, -0.15) is 4.31 Å². The largest absolute Gasteiger partial charge is 0.340 e. The second-order valence-corrected chi connectivity index (χ2v) is 8.88. The highest BCUT2D eigenvalue weighted by molar-refractivity contribution is 7.89. The second-order valence-electron chi connectivity index (χ2n) is 6.12. The molecule has 1 aliphatic carbocycles. The van der Waals surface area contributed by atoms with Gasteiger partial charge in [-0.05, 0) is 30.5 Å². The van der Waals surface area contributed by atoms with Crippen molar-refractivity contribution in [3.8, 4) is 0 Å². The van der Waals surface area contributed by atoms with Gasteiger partial charge >= 0.3 is 0 Å². The van der Waals surface area contributed by atoms with Gasteiger partial charge < -0.3 is 4.90 Å². The molecule has 23 heavy (non-hydrogen) atoms. The fraction of sp³-hybridized carbons (Fsp3) is 0.533. The molecule has 1 aliphatic heterocycles. The van der Waals surface area contributed by atoms with Crippen molar-refractivity contribution in [2.75, 3.05) is 26.2 Å². The molecule has 3 rings (SSSR count). The zero-order valence-electron chi connectivity index (χ0n) is 12.7. The minimum Gasteiger partial charge on any atom is -0.340 e. The number of benzene rings is 1. The molecule has 126 valence electrons. The van der Waals surface area contributed by atoms with Crippen LogP contribution in [0.2, 0.25) is 10.0 Å². The predicted octanol–water partition coefficient (Wildman–Crippen LogP) is 2.48. The molecule has 2 aliphatic rings. The molecule has 0 bridgehead atoms. The van der Waals surface area contributed by atoms with E-state index in [1.54, 1.807) is 4.90 Å². The van der Waals surface area contributed by atoms with Crippen molar-refractivity contribution < 1.29 is 13.2 Å². The van der Waals surface area contributed by atoms with Gasteiger partial charge in [-0.15, -0.1) is 0 Å². The molecular formula is C15H18Cl2N2O3S. The lowest BCUT2D eigenvalue weighted by molar-refractivity contribution is -0.134. The van der Waals surface area contributed by atoms with E-state index < -0.39 is 10.0 Å². The van der Waals surface area contributed by atoms with Crippen LogP contribution >= 0.6 is 23.2 Å². The Kier molecular flexibility index (Phi) is 4.62. The summed E-state index contributed by atoms with van der Waals surface area (Å²) in [7, 11) is -3.61. The number of hydrogen-bond donors (Lipinski definition) is 0. The van der Waals surface area contributed by atoms with Gasteiger partial charge in [-0.3, -0.25) is 4.79 Å². The van der Waals surface area contributed by atoms with Crippen LogP contribution in [0.1, 0.15) is 13.3 Å². The number of halogens is 2. The summed E-state index contributed by atoms with van der Waals surface area (Å²) in [6.45, 7) is 3.53. The minimum absolute atomic E-state index is 0.127. The molecule has 1 saturated carbocycles. The number of nitrogens with zero attached hydrogens (tertiary/aromatic N) is 2. The summed E-state index contributed by atoms with van der Waals surface area (Å²) in [5.41, 5.74) is 0. The van der Waals surface area contributed by atoms with Crippen LogP contribution in [-0.4, -0.2) is 49.7 Å². The van der Waals surface area contributed by atoms with Crippen LogP contribution in [0.15, 0.2) is 23.1 Å². The summed E-state index contributed by atoms with van der Waals surface area (Å²) in [6.07, 6.45) is 0.945. The summed E-state index contributed by atoms with van der Waals surface area (Å²) in [6, 6.07) is 4.29. The summed E-state index contributed by atoms with van der Waals surface area (Å²) in [4.78, 5) is 14.1. The summed E-state index contributed by atoms with van der Waals surface area (Å²) >= 11 is 11.7. The van der Waals surface area contributed by atoms with Crippen LogP contribution in [-0.2, 0) is 14.8 Å². The zero-order valence-corrected chi connectivity index (χ0v) is 15.0. The number of carbonyl (C=O) groups is 1. The third-order valence-electron chi connectivity index (χ3n) is 4.51. The van der Waals surface area contributed by atoms with Crippen LogP contribution in [0.5, 0.6) is 0 Å². The average molecular weight is 377 g/mol. The van der Waals surface area contributed by atoms with Crippen molar-refractivity contribution in [3.05, 3.63) is 28.2 Å². The maximum absolute atomic E-state index is 12.6. The van der Waals surface area contributed by atoms with E-state index in [1.807, 2.05) is 0 Å². The molecule has 1 saturated heterocycles. The molecule has 1 heterocycles. The third-order valence-corrected chi connectivity index (χ3v) is 7.14. The van der Waals surface area contributed by atoms with Crippen LogP contribution in [0.3, 0.4) is 0 Å². The molecule has 1 amide bonds. The van der Waals surface area contributed by atoms with E-state index in [4.69, 9.17) is 23.2 Å². The highest BCUT2D eigenvalue weighted by Gasteiger charge is 2.42. The van der Waals surface area contributed by atoms with E-state index in [2.05, 4.69) is 6.92 Å². The minimum atomic E-state index is -3.61. The molecule has 0 unspecified atom stereocenters. The van der Waals surface area contributed by atoms with Crippen LogP contribution in [0.4, 0.5) is 0 Å². The van der Waals surface area contributed by atoms with E-state index in [1.165, 1.54) is 22.5 Å². The van der Waals surface area contributed by atoms with Gasteiger partial charge in [-0.25, -0.2) is 8.42 Å². The lowest BCUT2D eigenvalue weighted by Crippen LogP contribution is -2.51. The van der Waals surface area contributed by atoms with E-state index in [0.29, 0.717) is 37.1 Å². The maximum Gasteiger partial charge on any atom is 0.243 e. The molecule has 0 radical (unpaired) electrons. The Hall–Kier alpha value is -0.820. The fourth-order valence-corrected chi connectivity index (χ4v) is 4.65. The van der Waals surface area contributed by atoms with Crippen molar-refractivity contribution in [1.82, 2.24) is 9.21 Å². The number of hydrogen-bond acceptors (Lipinski definition) is 3. The zero-order chi connectivity index (χ0) is 16.8. The van der Waals surface area contributed by atoms with E-state index in [9.17, 15) is 13.2 Å². The van der Waals surface area contributed by atoms with Crippen LogP contribution in [0.25, 0.3) is 0 Å². The summed E-state index contributed by atoms with van der Waals surface area (Å²) < 4.78 is 26.7. The van der Waals surface area contributed by atoms with Gasteiger partial charge in [0.1, 0.15) is 0 Å². The highest BCUT2D eigenvalue weighted by atomic mass is 35.5. The van der Waals surface area contributed by atoms with Gasteiger partial charge in [0.2, 0.25) is 15.9 Å². The lowest BCUT2D eigenvalue weighted by Gasteiger charge is -2.34. The van der Waals surface area contributed by atoms with E-state index >= 15 is 0 Å². The third kappa shape index (κ3) is 3.36. The van der Waals surface area contributed by atoms with E-state index in [-0.39, 0.29) is 21.7 Å². The van der Waals surface area contributed by atoms with Gasteiger partial charge in [0.15, 0.2) is 0 Å². The highest BCUT2D eigenvalue weighted by Crippen LogP contribution is 2.39. The first-order valence-corrected chi connectivity index (χ1v) is 9.74. The molecule has 2 atom stereocenters. The average Bonchev–Trinajstić information content (AvgIpc) is 3.26. The molecule has 0 N–H and O–H groups in total. The van der Waals surface area contributed by atoms with E-state index in [0.717, 1.165) is 6.42 Å². The molecule has 0 aromatic heterocycles. The number of sulfonamides is 1. The smallest absolute Gasteiger partial charge is 0.243 e. The van der Waals surface area contributed by atoms with Crippen LogP contribution in [0, 0.1) is 11.8 Å². The monoisotopic (exact) mass is 376 g/mol. The Balaban J connectivity index is 1.68. The summed E-state index contributed by atoms with van der Waals surface area (Å²) in [5.74, 6) is 0.748. The second kappa shape index (κ2) is 6.24. The first-order chi connectivity index (χ1) is 10.8. The van der Waals surface area contributed by atoms with Crippen molar-refractivity contribution in [2.45, 2.75) is 18.2 Å². The van der Waals surface area contributed by atoms with Crippen molar-refractivity contribution in [1.29, 1.82) is 0 Å². The lowest BCUT2D eigenvalue weighted by atomic mass is 10.2. The Morgan fingerprint density at radius 2 is 1.74 bits per heavy atom. The number of rotatable bonds is 3. The van der Waals surface area contributed by atoms with Crippen molar-refractivity contribution >= 4 is 39.1 Å². The Labute approximate surface area is 146 Å². The van der Waals surface area contributed by atoms with Gasteiger partial charge in [0.05, 0.1) is 14.9 Å². The molecule has 1 aromatic rings. The summed E-state index contributed by atoms with van der Waals surface area (Å²) in [5, 5.41) is 0.531. The molecule has 0 spiro atoms. The first-order valence-electron chi connectivity index (χ1n) is 7.54. The predicted molar refractivity (Wildman–Crippen MR) is 89.1 cm³/mol.